The maximum atomic E-state index is 12.6. The highest BCUT2D eigenvalue weighted by molar-refractivity contribution is 7.81. The summed E-state index contributed by atoms with van der Waals surface area (Å²) in [7, 11) is -6.97. The van der Waals surface area contributed by atoms with Crippen LogP contribution < -0.4 is 16.6 Å². The first kappa shape index (κ1) is 41.9. The Balaban J connectivity index is 0.000000214. The zero-order chi connectivity index (χ0) is 41.1. The molecule has 0 aliphatic carbocycles. The van der Waals surface area contributed by atoms with Crippen LogP contribution in [0.2, 0.25) is 0 Å². The molecule has 2 aromatic rings. The van der Waals surface area contributed by atoms with Crippen molar-refractivity contribution < 1.29 is 63.3 Å². The van der Waals surface area contributed by atoms with Gasteiger partial charge in [0.15, 0.2) is 5.13 Å². The van der Waals surface area contributed by atoms with Crippen LogP contribution in [0.1, 0.15) is 36.9 Å². The number of nitrogen functional groups attached to an aromatic ring is 1. The molecule has 0 unspecified atom stereocenters. The third kappa shape index (κ3) is 10.3. The Hall–Kier alpha value is -5.26. The number of thiazole rings is 1. The number of piperidine rings is 2. The molecule has 0 saturated carbocycles. The smallest absolute Gasteiger partial charge is 0.375 e. The number of hydrazine groups is 2. The fourth-order valence-corrected chi connectivity index (χ4v) is 7.63. The van der Waals surface area contributed by atoms with Crippen LogP contribution in [0.3, 0.4) is 0 Å². The van der Waals surface area contributed by atoms with Crippen LogP contribution in [0.5, 0.6) is 0 Å². The lowest BCUT2D eigenvalue weighted by Crippen LogP contribution is -2.54. The lowest BCUT2D eigenvalue weighted by atomic mass is 10.0. The van der Waals surface area contributed by atoms with Crippen molar-refractivity contribution in [1.29, 1.82) is 0 Å². The molecule has 0 radical (unpaired) electrons. The van der Waals surface area contributed by atoms with Crippen LogP contribution in [-0.4, -0.2) is 153 Å². The fourth-order valence-electron chi connectivity index (χ4n) is 6.29. The highest BCUT2D eigenvalue weighted by Crippen LogP contribution is 2.32. The van der Waals surface area contributed by atoms with Gasteiger partial charge in [-0.1, -0.05) is 6.07 Å². The monoisotopic (exact) mass is 847 g/mol. The highest BCUT2D eigenvalue weighted by atomic mass is 32.3. The molecule has 0 spiro atoms. The van der Waals surface area contributed by atoms with Crippen molar-refractivity contribution in [1.82, 2.24) is 50.8 Å². The molecule has 4 saturated heterocycles. The number of hydrogen-bond donors (Lipinski definition) is 5. The third-order valence-corrected chi connectivity index (χ3v) is 10.3. The molecule has 4 bridgehead atoms. The molecule has 4 aliphatic heterocycles. The lowest BCUT2D eigenvalue weighted by Gasteiger charge is -2.30. The number of hydroxylamine groups is 4. The summed E-state index contributed by atoms with van der Waals surface area (Å²) >= 11 is 1.19. The quantitative estimate of drug-likeness (QED) is 0.126. The lowest BCUT2D eigenvalue weighted by molar-refractivity contribution is -0.141. The minimum absolute atomic E-state index is 0.0377. The molecule has 4 aliphatic rings. The Bertz CT molecular complexity index is 2070. The molecule has 28 heteroatoms. The van der Waals surface area contributed by atoms with Gasteiger partial charge in [-0.15, -0.1) is 19.9 Å². The average Bonchev–Trinajstić information content (AvgIpc) is 3.71. The van der Waals surface area contributed by atoms with E-state index in [1.165, 1.54) is 25.4 Å². The summed E-state index contributed by atoms with van der Waals surface area (Å²) in [5.41, 5.74) is 11.5. The highest BCUT2D eigenvalue weighted by Gasteiger charge is 2.51. The minimum atomic E-state index is -4.86. The van der Waals surface area contributed by atoms with Crippen molar-refractivity contribution >= 4 is 73.0 Å². The summed E-state index contributed by atoms with van der Waals surface area (Å²) in [6.07, 6.45) is 4.16. The second-order valence-corrected chi connectivity index (χ2v) is 15.7. The van der Waals surface area contributed by atoms with Crippen molar-refractivity contribution in [2.24, 2.45) is 0 Å². The third-order valence-electron chi connectivity index (χ3n) is 8.88. The molecule has 0 aromatic carbocycles. The summed E-state index contributed by atoms with van der Waals surface area (Å²) in [5, 5.41) is 5.10. The molecular weight excluding hydrogens is 811 g/mol. The van der Waals surface area contributed by atoms with E-state index in [2.05, 4.69) is 29.4 Å². The number of amides is 8. The predicted molar refractivity (Wildman–Crippen MR) is 187 cm³/mol. The Morgan fingerprint density at radius 3 is 1.75 bits per heavy atom. The van der Waals surface area contributed by atoms with Crippen molar-refractivity contribution in [3.8, 4) is 0 Å². The summed E-state index contributed by atoms with van der Waals surface area (Å²) in [6, 6.07) is -1.28. The number of carbonyl (C=O) groups excluding carboxylic acids is 6. The number of nitrogens with one attached hydrogen (secondary N) is 2. The molecule has 8 amide bonds. The van der Waals surface area contributed by atoms with Gasteiger partial charge in [-0.05, 0) is 37.3 Å². The predicted octanol–water partition coefficient (Wildman–Crippen LogP) is -2.12. The van der Waals surface area contributed by atoms with E-state index in [-0.39, 0.29) is 51.1 Å². The number of fused-ring (bicyclic) bond motifs is 4. The van der Waals surface area contributed by atoms with Gasteiger partial charge in [-0.25, -0.2) is 14.6 Å². The molecule has 4 fully saturated rings. The van der Waals surface area contributed by atoms with E-state index in [0.29, 0.717) is 32.9 Å². The molecule has 6 N–H and O–H groups in total. The molecule has 6 heterocycles. The molecule has 4 atom stereocenters. The van der Waals surface area contributed by atoms with Crippen molar-refractivity contribution in [3.05, 3.63) is 41.2 Å². The maximum Gasteiger partial charge on any atom is 0.418 e. The van der Waals surface area contributed by atoms with Gasteiger partial charge in [0.05, 0.1) is 30.6 Å². The number of urea groups is 2. The maximum absolute atomic E-state index is 12.6. The first-order valence-electron chi connectivity index (χ1n) is 16.5. The number of nitrogens with zero attached hydrogens (tertiary/aromatic N) is 8. The van der Waals surface area contributed by atoms with Crippen molar-refractivity contribution in [3.63, 3.8) is 0 Å². The van der Waals surface area contributed by atoms with Crippen LogP contribution in [-0.2, 0) is 61.4 Å². The van der Waals surface area contributed by atoms with Crippen LogP contribution in [0.15, 0.2) is 29.9 Å². The van der Waals surface area contributed by atoms with E-state index >= 15 is 0 Å². The van der Waals surface area contributed by atoms with Crippen LogP contribution >= 0.6 is 11.3 Å². The first-order valence-corrected chi connectivity index (χ1v) is 20.1. The summed E-state index contributed by atoms with van der Waals surface area (Å²) in [4.78, 5) is 84.3. The summed E-state index contributed by atoms with van der Waals surface area (Å²) < 4.78 is 69.8. The van der Waals surface area contributed by atoms with Gasteiger partial charge in [0, 0.05) is 45.0 Å². The number of nitrogens with two attached hydrogens (primary N) is 1. The SMILES string of the molecule is CN(NC(=O)[C@@H]1CC[C@@H]2CN1C(=O)N2OS(=O)(=O)O)C(=O)Cc1cccnc1.CN(NC(=O)[C@@H]1CC[C@@H]2CN1C(=O)N2OS(=O)(=O)O)C(=O)Cc1csc(N)n1. The average molecular weight is 848 g/mol. The van der Waals surface area contributed by atoms with E-state index in [9.17, 15) is 45.6 Å². The number of pyridine rings is 1. The van der Waals surface area contributed by atoms with Crippen LogP contribution in [0, 0.1) is 0 Å². The Morgan fingerprint density at radius 2 is 1.34 bits per heavy atom. The van der Waals surface area contributed by atoms with Gasteiger partial charge < -0.3 is 15.5 Å². The largest absolute Gasteiger partial charge is 0.418 e. The topological polar surface area (TPSA) is 325 Å². The number of rotatable bonds is 10. The number of anilines is 1. The molecule has 2 aromatic heterocycles. The number of carbonyl (C=O) groups is 6. The summed E-state index contributed by atoms with van der Waals surface area (Å²) in [6.45, 7) is 0.127. The van der Waals surface area contributed by atoms with Gasteiger partial charge in [-0.2, -0.15) is 27.0 Å². The van der Waals surface area contributed by atoms with Gasteiger partial charge in [0.25, 0.3) is 11.8 Å². The second-order valence-electron chi connectivity index (χ2n) is 12.8. The molecule has 25 nitrogen and oxygen atoms in total. The van der Waals surface area contributed by atoms with E-state index in [1.54, 1.807) is 29.9 Å². The molecule has 56 heavy (non-hydrogen) atoms. The number of likely N-dealkylation sites (N-methyl/N-ethyl adjacent to an activating group) is 2. The summed E-state index contributed by atoms with van der Waals surface area (Å²) in [5.74, 6) is -1.99. The van der Waals surface area contributed by atoms with E-state index in [0.717, 1.165) is 19.8 Å². The van der Waals surface area contributed by atoms with Gasteiger partial charge in [0.1, 0.15) is 12.1 Å². The molecule has 6 rings (SSSR count). The minimum Gasteiger partial charge on any atom is -0.375 e. The van der Waals surface area contributed by atoms with Crippen molar-refractivity contribution in [2.75, 3.05) is 32.9 Å². The first-order chi connectivity index (χ1) is 26.2. The van der Waals surface area contributed by atoms with Gasteiger partial charge in [0.2, 0.25) is 11.8 Å². The Labute approximate surface area is 323 Å². The van der Waals surface area contributed by atoms with Crippen LogP contribution in [0.4, 0.5) is 14.7 Å². The van der Waals surface area contributed by atoms with Crippen LogP contribution in [0.25, 0.3) is 0 Å². The molecule has 306 valence electrons. The Kier molecular flexibility index (Phi) is 12.6. The Morgan fingerprint density at radius 1 is 0.857 bits per heavy atom. The van der Waals surface area contributed by atoms with E-state index < -0.39 is 74.7 Å². The number of hydrogen-bond acceptors (Lipinski definition) is 16. The standard InChI is InChI=1S/C15H19N5O7S.C13H18N6O7S2/c1-18(13(21)7-10-3-2-6-16-8-10)17-14(22)12-5-4-11-9-19(12)15(23)20(11)27-28(24,25)26;1-17(10(20)4-7-6-27-12(14)15-7)16-11(21)9-3-2-8-5-18(9)13(22)19(8)26-28(23,24)25/h2-3,6,8,11-12H,4-5,7,9H2,1H3,(H,17,22)(H,24,25,26);6,8-9H,2-5H2,1H3,(H2,14,15)(H,16,21)(H,23,24,25)/t11-,12+;8-,9+/m11/s1. The number of aromatic nitrogens is 2. The van der Waals surface area contributed by atoms with Gasteiger partial charge >= 0.3 is 32.9 Å². The van der Waals surface area contributed by atoms with Gasteiger partial charge in [-0.3, -0.25) is 54.1 Å². The fraction of sp³-hybridized carbons (Fsp3) is 0.500. The molecular formula is C28H37N11O14S3. The normalized spacial score (nSPS) is 21.6. The second kappa shape index (κ2) is 16.9. The van der Waals surface area contributed by atoms with Crippen molar-refractivity contribution in [2.45, 2.75) is 62.7 Å². The van der Waals surface area contributed by atoms with E-state index in [4.69, 9.17) is 14.8 Å². The van der Waals surface area contributed by atoms with E-state index in [1.807, 2.05) is 0 Å². The zero-order valence-corrected chi connectivity index (χ0v) is 32.0. The zero-order valence-electron chi connectivity index (χ0n) is 29.5.